The third-order valence-corrected chi connectivity index (χ3v) is 4.81. The van der Waals surface area contributed by atoms with E-state index >= 15 is 0 Å². The summed E-state index contributed by atoms with van der Waals surface area (Å²) in [5.41, 5.74) is 1.71. The predicted molar refractivity (Wildman–Crippen MR) is 80.4 cm³/mol. The lowest BCUT2D eigenvalue weighted by Crippen LogP contribution is -2.29. The lowest BCUT2D eigenvalue weighted by molar-refractivity contribution is 0.283. The Hall–Kier alpha value is -0.720. The van der Waals surface area contributed by atoms with Gasteiger partial charge in [-0.15, -0.1) is 0 Å². The SMILES string of the molecule is CN1CCCC1Cn1c(=S)[nH]c2cc(Br)c(F)cc21. The van der Waals surface area contributed by atoms with E-state index in [1.54, 1.807) is 12.1 Å². The minimum Gasteiger partial charge on any atom is -0.331 e. The number of hydrogen-bond donors (Lipinski definition) is 1. The van der Waals surface area contributed by atoms with E-state index in [0.717, 1.165) is 24.1 Å². The summed E-state index contributed by atoms with van der Waals surface area (Å²) in [5.74, 6) is -0.255. The molecule has 1 aromatic carbocycles. The molecule has 1 atom stereocenters. The van der Waals surface area contributed by atoms with Gasteiger partial charge in [0.05, 0.1) is 15.5 Å². The number of H-pyrrole nitrogens is 1. The molecule has 102 valence electrons. The van der Waals surface area contributed by atoms with E-state index in [0.29, 0.717) is 15.3 Å². The summed E-state index contributed by atoms with van der Waals surface area (Å²) in [6, 6.07) is 3.77. The molecular formula is C13H15BrFN3S. The molecule has 3 nitrogen and oxygen atoms in total. The summed E-state index contributed by atoms with van der Waals surface area (Å²) in [6.07, 6.45) is 2.39. The summed E-state index contributed by atoms with van der Waals surface area (Å²) in [4.78, 5) is 5.49. The molecule has 1 aliphatic heterocycles. The minimum atomic E-state index is -0.255. The van der Waals surface area contributed by atoms with Crippen molar-refractivity contribution in [2.75, 3.05) is 13.6 Å². The van der Waals surface area contributed by atoms with Crippen LogP contribution in [-0.2, 0) is 6.54 Å². The maximum atomic E-state index is 13.7. The molecule has 1 fully saturated rings. The maximum Gasteiger partial charge on any atom is 0.178 e. The average molecular weight is 344 g/mol. The zero-order valence-electron chi connectivity index (χ0n) is 10.6. The minimum absolute atomic E-state index is 0.255. The standard InChI is InChI=1S/C13H15BrFN3S/c1-17-4-2-3-8(17)7-18-12-6-10(15)9(14)5-11(12)16-13(18)19/h5-6,8H,2-4,7H2,1H3,(H,16,19). The highest BCUT2D eigenvalue weighted by molar-refractivity contribution is 9.10. The van der Waals surface area contributed by atoms with Crippen LogP contribution in [0.25, 0.3) is 11.0 Å². The van der Waals surface area contributed by atoms with E-state index in [2.05, 4.69) is 32.9 Å². The number of fused-ring (bicyclic) bond motifs is 1. The molecule has 2 aromatic rings. The number of aromatic amines is 1. The highest BCUT2D eigenvalue weighted by Crippen LogP contribution is 2.25. The monoisotopic (exact) mass is 343 g/mol. The van der Waals surface area contributed by atoms with Gasteiger partial charge in [-0.3, -0.25) is 0 Å². The second kappa shape index (κ2) is 5.00. The van der Waals surface area contributed by atoms with Gasteiger partial charge in [-0.1, -0.05) is 0 Å². The van der Waals surface area contributed by atoms with Gasteiger partial charge in [-0.2, -0.15) is 0 Å². The van der Waals surface area contributed by atoms with Crippen molar-refractivity contribution < 1.29 is 4.39 Å². The first-order valence-corrected chi connectivity index (χ1v) is 7.54. The molecule has 19 heavy (non-hydrogen) atoms. The van der Waals surface area contributed by atoms with Crippen LogP contribution in [0.2, 0.25) is 0 Å². The number of hydrogen-bond acceptors (Lipinski definition) is 2. The molecule has 0 bridgehead atoms. The van der Waals surface area contributed by atoms with Crippen LogP contribution in [-0.4, -0.2) is 34.1 Å². The number of imidazole rings is 1. The van der Waals surface area contributed by atoms with Crippen LogP contribution in [0.3, 0.4) is 0 Å². The molecule has 1 saturated heterocycles. The number of nitrogens with one attached hydrogen (secondary N) is 1. The predicted octanol–water partition coefficient (Wildman–Crippen LogP) is 3.69. The number of rotatable bonds is 2. The maximum absolute atomic E-state index is 13.7. The van der Waals surface area contributed by atoms with Crippen molar-refractivity contribution in [3.8, 4) is 0 Å². The first-order valence-electron chi connectivity index (χ1n) is 6.34. The molecule has 6 heteroatoms. The fourth-order valence-corrected chi connectivity index (χ4v) is 3.38. The van der Waals surface area contributed by atoms with Crippen molar-refractivity contribution in [3.05, 3.63) is 27.2 Å². The van der Waals surface area contributed by atoms with Gasteiger partial charge in [0, 0.05) is 18.7 Å². The van der Waals surface area contributed by atoms with Crippen molar-refractivity contribution in [2.24, 2.45) is 0 Å². The van der Waals surface area contributed by atoms with Gasteiger partial charge in [0.25, 0.3) is 0 Å². The number of likely N-dealkylation sites (N-methyl/N-ethyl adjacent to an activating group) is 1. The van der Waals surface area contributed by atoms with Gasteiger partial charge in [-0.05, 0) is 60.6 Å². The Labute approximate surface area is 124 Å². The fourth-order valence-electron chi connectivity index (χ4n) is 2.75. The second-order valence-electron chi connectivity index (χ2n) is 5.10. The fraction of sp³-hybridized carbons (Fsp3) is 0.462. The molecular weight excluding hydrogens is 329 g/mol. The van der Waals surface area contributed by atoms with Crippen molar-refractivity contribution in [1.29, 1.82) is 0 Å². The molecule has 1 aliphatic rings. The Kier molecular flexibility index (Phi) is 3.49. The first kappa shape index (κ1) is 13.3. The summed E-state index contributed by atoms with van der Waals surface area (Å²) in [7, 11) is 2.13. The number of aromatic nitrogens is 2. The van der Waals surface area contributed by atoms with E-state index in [9.17, 15) is 4.39 Å². The second-order valence-corrected chi connectivity index (χ2v) is 6.34. The average Bonchev–Trinajstić information content (AvgIpc) is 2.88. The van der Waals surface area contributed by atoms with Gasteiger partial charge < -0.3 is 14.5 Å². The van der Waals surface area contributed by atoms with Crippen molar-refractivity contribution in [2.45, 2.75) is 25.4 Å². The Balaban J connectivity index is 2.05. The smallest absolute Gasteiger partial charge is 0.178 e. The molecule has 0 aliphatic carbocycles. The molecule has 1 aromatic heterocycles. The van der Waals surface area contributed by atoms with Crippen molar-refractivity contribution in [3.63, 3.8) is 0 Å². The van der Waals surface area contributed by atoms with E-state index in [4.69, 9.17) is 12.2 Å². The van der Waals surface area contributed by atoms with Crippen LogP contribution in [0, 0.1) is 10.6 Å². The van der Waals surface area contributed by atoms with Gasteiger partial charge in [0.1, 0.15) is 5.82 Å². The Bertz CT molecular complexity index is 678. The number of likely N-dealkylation sites (tertiary alicyclic amines) is 1. The molecule has 2 heterocycles. The van der Waals surface area contributed by atoms with E-state index in [-0.39, 0.29) is 5.82 Å². The number of nitrogens with zero attached hydrogens (tertiary/aromatic N) is 2. The van der Waals surface area contributed by atoms with E-state index in [1.165, 1.54) is 12.8 Å². The van der Waals surface area contributed by atoms with Gasteiger partial charge in [-0.25, -0.2) is 4.39 Å². The quantitative estimate of drug-likeness (QED) is 0.840. The van der Waals surface area contributed by atoms with Crippen LogP contribution in [0.1, 0.15) is 12.8 Å². The molecule has 0 saturated carbocycles. The van der Waals surface area contributed by atoms with Crippen LogP contribution >= 0.6 is 28.1 Å². The van der Waals surface area contributed by atoms with Gasteiger partial charge in [0.15, 0.2) is 4.77 Å². The van der Waals surface area contributed by atoms with E-state index in [1.807, 2.05) is 4.57 Å². The Morgan fingerprint density at radius 1 is 1.53 bits per heavy atom. The summed E-state index contributed by atoms with van der Waals surface area (Å²) >= 11 is 8.57. The zero-order valence-corrected chi connectivity index (χ0v) is 13.0. The normalized spacial score (nSPS) is 20.5. The summed E-state index contributed by atoms with van der Waals surface area (Å²) < 4.78 is 16.8. The number of halogens is 2. The third-order valence-electron chi connectivity index (χ3n) is 3.88. The van der Waals surface area contributed by atoms with Gasteiger partial charge >= 0.3 is 0 Å². The van der Waals surface area contributed by atoms with Gasteiger partial charge in [0.2, 0.25) is 0 Å². The van der Waals surface area contributed by atoms with Crippen LogP contribution in [0.15, 0.2) is 16.6 Å². The van der Waals surface area contributed by atoms with Crippen LogP contribution < -0.4 is 0 Å². The number of benzene rings is 1. The highest BCUT2D eigenvalue weighted by atomic mass is 79.9. The van der Waals surface area contributed by atoms with Crippen LogP contribution in [0.4, 0.5) is 4.39 Å². The van der Waals surface area contributed by atoms with Crippen LogP contribution in [0.5, 0.6) is 0 Å². The zero-order chi connectivity index (χ0) is 13.6. The van der Waals surface area contributed by atoms with E-state index < -0.39 is 0 Å². The molecule has 1 unspecified atom stereocenters. The lowest BCUT2D eigenvalue weighted by Gasteiger charge is -2.20. The molecule has 0 spiro atoms. The topological polar surface area (TPSA) is 24.0 Å². The largest absolute Gasteiger partial charge is 0.331 e. The Morgan fingerprint density at radius 2 is 2.32 bits per heavy atom. The van der Waals surface area contributed by atoms with Crippen molar-refractivity contribution in [1.82, 2.24) is 14.5 Å². The Morgan fingerprint density at radius 3 is 3.00 bits per heavy atom. The lowest BCUT2D eigenvalue weighted by atomic mass is 10.2. The summed E-state index contributed by atoms with van der Waals surface area (Å²) in [6.45, 7) is 1.94. The first-order chi connectivity index (χ1) is 9.06. The third kappa shape index (κ3) is 2.37. The summed E-state index contributed by atoms with van der Waals surface area (Å²) in [5, 5.41) is 0. The molecule has 0 amide bonds. The molecule has 0 radical (unpaired) electrons. The van der Waals surface area contributed by atoms with Crippen molar-refractivity contribution >= 4 is 39.2 Å². The molecule has 1 N–H and O–H groups in total. The molecule has 3 rings (SSSR count). The highest BCUT2D eigenvalue weighted by Gasteiger charge is 2.22.